The predicted octanol–water partition coefficient (Wildman–Crippen LogP) is 4.98. The third-order valence-electron chi connectivity index (χ3n) is 6.07. The maximum atomic E-state index is 12.4. The van der Waals surface area contributed by atoms with Crippen LogP contribution >= 0.6 is 0 Å². The summed E-state index contributed by atoms with van der Waals surface area (Å²) in [6.45, 7) is 3.90. The van der Waals surface area contributed by atoms with E-state index < -0.39 is 0 Å². The van der Waals surface area contributed by atoms with Crippen LogP contribution in [0.3, 0.4) is 0 Å². The van der Waals surface area contributed by atoms with E-state index in [1.54, 1.807) is 13.8 Å². The summed E-state index contributed by atoms with van der Waals surface area (Å²) >= 11 is 0. The lowest BCUT2D eigenvalue weighted by atomic mass is 9.90. The first kappa shape index (κ1) is 23.7. The van der Waals surface area contributed by atoms with Gasteiger partial charge in [0, 0.05) is 24.8 Å². The van der Waals surface area contributed by atoms with Crippen molar-refractivity contribution in [3.05, 3.63) is 71.9 Å². The zero-order chi connectivity index (χ0) is 22.9. The van der Waals surface area contributed by atoms with Crippen molar-refractivity contribution in [1.29, 1.82) is 0 Å². The van der Waals surface area contributed by atoms with Crippen LogP contribution in [0.15, 0.2) is 71.9 Å². The first-order valence-electron chi connectivity index (χ1n) is 11.6. The number of esters is 1. The predicted molar refractivity (Wildman–Crippen MR) is 125 cm³/mol. The van der Waals surface area contributed by atoms with Crippen molar-refractivity contribution in [2.45, 2.75) is 58.4 Å². The highest BCUT2D eigenvalue weighted by Crippen LogP contribution is 2.29. The van der Waals surface area contributed by atoms with Crippen molar-refractivity contribution in [3.8, 4) is 0 Å². The number of allylic oxidation sites excluding steroid dienone is 11. The van der Waals surface area contributed by atoms with Crippen LogP contribution in [-0.2, 0) is 19.1 Å². The lowest BCUT2D eigenvalue weighted by molar-refractivity contribution is -0.150. The summed E-state index contributed by atoms with van der Waals surface area (Å²) in [7, 11) is 0. The van der Waals surface area contributed by atoms with Crippen LogP contribution < -0.4 is 0 Å². The molecule has 1 heterocycles. The molecule has 170 valence electrons. The minimum absolute atomic E-state index is 0.138. The van der Waals surface area contributed by atoms with Gasteiger partial charge >= 0.3 is 5.97 Å². The number of imide groups is 1. The van der Waals surface area contributed by atoms with E-state index in [1.807, 2.05) is 12.2 Å². The van der Waals surface area contributed by atoms with Crippen LogP contribution in [-0.4, -0.2) is 35.3 Å². The van der Waals surface area contributed by atoms with Gasteiger partial charge < -0.3 is 4.74 Å². The Hall–Kier alpha value is -2.95. The number of hydrogen-bond donors (Lipinski definition) is 0. The van der Waals surface area contributed by atoms with E-state index in [4.69, 9.17) is 4.74 Å². The van der Waals surface area contributed by atoms with Crippen LogP contribution in [0, 0.1) is 11.8 Å². The molecule has 32 heavy (non-hydrogen) atoms. The van der Waals surface area contributed by atoms with E-state index in [9.17, 15) is 14.4 Å². The summed E-state index contributed by atoms with van der Waals surface area (Å²) in [5.74, 6) is -0.676. The lowest BCUT2D eigenvalue weighted by Gasteiger charge is -2.29. The first-order valence-corrected chi connectivity index (χ1v) is 11.6. The fourth-order valence-electron chi connectivity index (χ4n) is 4.43. The monoisotopic (exact) mass is 435 g/mol. The second-order valence-electron chi connectivity index (χ2n) is 8.49. The number of likely N-dealkylation sites (tertiary alicyclic amines) is 1. The van der Waals surface area contributed by atoms with Crippen LogP contribution in [0.1, 0.15) is 52.4 Å². The Morgan fingerprint density at radius 3 is 2.44 bits per heavy atom. The van der Waals surface area contributed by atoms with Crippen molar-refractivity contribution < 1.29 is 19.1 Å². The highest BCUT2D eigenvalue weighted by atomic mass is 16.5. The zero-order valence-electron chi connectivity index (χ0n) is 19.0. The van der Waals surface area contributed by atoms with Gasteiger partial charge in [0.15, 0.2) is 0 Å². The quantitative estimate of drug-likeness (QED) is 0.306. The molecule has 0 aromatic carbocycles. The number of ether oxygens (including phenoxy) is 1. The highest BCUT2D eigenvalue weighted by Gasteiger charge is 2.36. The van der Waals surface area contributed by atoms with Crippen molar-refractivity contribution in [2.75, 3.05) is 6.61 Å². The standard InChI is InChI=1S/C27H33NO4/c1-3-32-27(31)20(2)18-24(28-25(29)16-17-26(28)30)19-21-10-8-14-23(15-9-11-21)22-12-6-4-5-7-13-22/h4-8,11-15,20,22,24H,3,9-10,16-19H2,1-2H3/b14-8-,21-11+,23-15?/t20-,24+/m1/s1. The number of carbonyl (C=O) groups is 3. The topological polar surface area (TPSA) is 63.7 Å². The molecule has 2 atom stereocenters. The van der Waals surface area contributed by atoms with Gasteiger partial charge in [-0.25, -0.2) is 0 Å². The Morgan fingerprint density at radius 2 is 1.78 bits per heavy atom. The molecule has 3 rings (SSSR count). The van der Waals surface area contributed by atoms with Gasteiger partial charge in [0.25, 0.3) is 0 Å². The van der Waals surface area contributed by atoms with Gasteiger partial charge in [-0.3, -0.25) is 19.3 Å². The average Bonchev–Trinajstić information content (AvgIpc) is 2.94. The van der Waals surface area contributed by atoms with E-state index in [-0.39, 0.29) is 48.5 Å². The SMILES string of the molecule is CCOC(=O)[C@H](C)C[C@@H](C/C1=C/CC=C(C2C=CC=CC=C2)/C=C\C1)N1C(=O)CCC1=O. The van der Waals surface area contributed by atoms with E-state index in [0.29, 0.717) is 19.4 Å². The van der Waals surface area contributed by atoms with Crippen LogP contribution in [0.2, 0.25) is 0 Å². The molecule has 5 heteroatoms. The van der Waals surface area contributed by atoms with Crippen molar-refractivity contribution in [2.24, 2.45) is 11.8 Å². The van der Waals surface area contributed by atoms with Crippen LogP contribution in [0.4, 0.5) is 0 Å². The molecular formula is C27H33NO4. The molecule has 5 nitrogen and oxygen atoms in total. The van der Waals surface area contributed by atoms with Gasteiger partial charge in [-0.05, 0) is 38.2 Å². The highest BCUT2D eigenvalue weighted by molar-refractivity contribution is 6.02. The van der Waals surface area contributed by atoms with Gasteiger partial charge in [-0.15, -0.1) is 0 Å². The van der Waals surface area contributed by atoms with Gasteiger partial charge in [0.05, 0.1) is 12.5 Å². The van der Waals surface area contributed by atoms with Crippen molar-refractivity contribution >= 4 is 17.8 Å². The summed E-state index contributed by atoms with van der Waals surface area (Å²) < 4.78 is 5.15. The Bertz CT molecular complexity index is 871. The molecule has 0 unspecified atom stereocenters. The Labute approximate surface area is 190 Å². The normalized spacial score (nSPS) is 23.6. The molecule has 1 aliphatic heterocycles. The third kappa shape index (κ3) is 6.28. The average molecular weight is 436 g/mol. The summed E-state index contributed by atoms with van der Waals surface area (Å²) in [4.78, 5) is 38.5. The van der Waals surface area contributed by atoms with Crippen molar-refractivity contribution in [3.63, 3.8) is 0 Å². The number of rotatable bonds is 8. The maximum absolute atomic E-state index is 12.4. The van der Waals surface area contributed by atoms with Crippen LogP contribution in [0.25, 0.3) is 0 Å². The Kier molecular flexibility index (Phi) is 8.60. The molecule has 0 bridgehead atoms. The number of nitrogens with zero attached hydrogens (tertiary/aromatic N) is 1. The van der Waals surface area contributed by atoms with E-state index in [0.717, 1.165) is 12.8 Å². The molecule has 0 spiro atoms. The zero-order valence-corrected chi connectivity index (χ0v) is 19.0. The molecule has 1 fully saturated rings. The summed E-state index contributed by atoms with van der Waals surface area (Å²) in [5, 5.41) is 0. The molecule has 3 aliphatic rings. The number of amides is 2. The molecule has 0 radical (unpaired) electrons. The fraction of sp³-hybridized carbons (Fsp3) is 0.444. The second kappa shape index (κ2) is 11.6. The maximum Gasteiger partial charge on any atom is 0.308 e. The van der Waals surface area contributed by atoms with Crippen LogP contribution in [0.5, 0.6) is 0 Å². The summed E-state index contributed by atoms with van der Waals surface area (Å²) in [5.41, 5.74) is 2.44. The van der Waals surface area contributed by atoms with Gasteiger partial charge in [-0.1, -0.05) is 73.3 Å². The second-order valence-corrected chi connectivity index (χ2v) is 8.49. The number of carbonyl (C=O) groups excluding carboxylic acids is 3. The smallest absolute Gasteiger partial charge is 0.308 e. The molecule has 0 N–H and O–H groups in total. The first-order chi connectivity index (χ1) is 15.5. The van der Waals surface area contributed by atoms with Gasteiger partial charge in [-0.2, -0.15) is 0 Å². The molecule has 2 aliphatic carbocycles. The molecule has 2 amide bonds. The fourth-order valence-corrected chi connectivity index (χ4v) is 4.43. The molecule has 0 saturated carbocycles. The summed E-state index contributed by atoms with van der Waals surface area (Å²) in [6, 6.07) is -0.321. The minimum Gasteiger partial charge on any atom is -0.466 e. The third-order valence-corrected chi connectivity index (χ3v) is 6.07. The van der Waals surface area contributed by atoms with E-state index >= 15 is 0 Å². The Balaban J connectivity index is 1.73. The molecule has 0 aromatic heterocycles. The number of hydrogen-bond acceptors (Lipinski definition) is 4. The van der Waals surface area contributed by atoms with Crippen molar-refractivity contribution in [1.82, 2.24) is 4.90 Å². The molecule has 1 saturated heterocycles. The lowest BCUT2D eigenvalue weighted by Crippen LogP contribution is -2.41. The Morgan fingerprint density at radius 1 is 1.09 bits per heavy atom. The summed E-state index contributed by atoms with van der Waals surface area (Å²) in [6.07, 6.45) is 24.4. The van der Waals surface area contributed by atoms with Gasteiger partial charge in [0.1, 0.15) is 0 Å². The largest absolute Gasteiger partial charge is 0.466 e. The van der Waals surface area contributed by atoms with E-state index in [2.05, 4.69) is 48.6 Å². The van der Waals surface area contributed by atoms with E-state index in [1.165, 1.54) is 16.0 Å². The molecule has 0 aromatic rings. The molecular weight excluding hydrogens is 402 g/mol. The minimum atomic E-state index is -0.375. The van der Waals surface area contributed by atoms with Gasteiger partial charge in [0.2, 0.25) is 11.8 Å².